The molecule has 4 N–H and O–H groups in total. The van der Waals surface area contributed by atoms with Crippen LogP contribution in [-0.2, 0) is 0 Å². The molecule has 0 aliphatic rings. The molecule has 0 radical (unpaired) electrons. The number of aromatic nitrogens is 1. The molecule has 0 atom stereocenters. The molecule has 12 heavy (non-hydrogen) atoms. The second-order valence-corrected chi connectivity index (χ2v) is 1.72. The molecule has 0 bridgehead atoms. The summed E-state index contributed by atoms with van der Waals surface area (Å²) >= 11 is 0. The molecule has 4 nitrogen and oxygen atoms in total. The smallest absolute Gasteiger partial charge is 0.192 e. The van der Waals surface area contributed by atoms with E-state index in [1.54, 1.807) is 18.3 Å². The molecule has 0 unspecified atom stereocenters. The number of nitrogens with two attached hydrogens (primary N) is 2. The summed E-state index contributed by atoms with van der Waals surface area (Å²) in [5.74, 6) is 0.557. The number of hydrogen-bond acceptors (Lipinski definition) is 2. The average molecular weight is 166 g/mol. The van der Waals surface area contributed by atoms with Crippen LogP contribution < -0.4 is 11.5 Å². The molecule has 0 saturated heterocycles. The first-order valence-corrected chi connectivity index (χ1v) is 3.80. The summed E-state index contributed by atoms with van der Waals surface area (Å²) in [4.78, 5) is 7.59. The van der Waals surface area contributed by atoms with Crippen molar-refractivity contribution in [3.63, 3.8) is 0 Å². The summed E-state index contributed by atoms with van der Waals surface area (Å²) in [6.45, 7) is 4.00. The van der Waals surface area contributed by atoms with Crippen molar-refractivity contribution < 1.29 is 0 Å². The van der Waals surface area contributed by atoms with Gasteiger partial charge >= 0.3 is 0 Å². The Hall–Kier alpha value is -1.58. The number of hydrogen-bond donors (Lipinski definition) is 2. The fraction of sp³-hybridized carbons (Fsp3) is 0.250. The highest BCUT2D eigenvalue weighted by Crippen LogP contribution is 2.02. The fourth-order valence-electron chi connectivity index (χ4n) is 0.552. The second-order valence-electron chi connectivity index (χ2n) is 1.72. The maximum Gasteiger partial charge on any atom is 0.192 e. The third kappa shape index (κ3) is 4.27. The van der Waals surface area contributed by atoms with E-state index in [0.717, 1.165) is 0 Å². The molecular formula is C8H14N4. The summed E-state index contributed by atoms with van der Waals surface area (Å²) in [5, 5.41) is 0. The van der Waals surface area contributed by atoms with Crippen molar-refractivity contribution in [1.82, 2.24) is 4.98 Å². The van der Waals surface area contributed by atoms with Gasteiger partial charge in [-0.15, -0.1) is 0 Å². The van der Waals surface area contributed by atoms with Crippen molar-refractivity contribution in [3.8, 4) is 0 Å². The Labute approximate surface area is 72.3 Å². The van der Waals surface area contributed by atoms with Crippen molar-refractivity contribution in [1.29, 1.82) is 0 Å². The lowest BCUT2D eigenvalue weighted by atomic mass is 10.5. The first-order chi connectivity index (χ1) is 5.79. The van der Waals surface area contributed by atoms with E-state index in [1.165, 1.54) is 0 Å². The van der Waals surface area contributed by atoms with E-state index < -0.39 is 0 Å². The lowest BCUT2D eigenvalue weighted by molar-refractivity contribution is 1.26. The molecule has 0 aromatic carbocycles. The predicted molar refractivity (Wildman–Crippen MR) is 51.1 cm³/mol. The molecule has 0 aliphatic carbocycles. The van der Waals surface area contributed by atoms with Gasteiger partial charge in [-0.3, -0.25) is 0 Å². The van der Waals surface area contributed by atoms with Gasteiger partial charge in [-0.05, 0) is 12.1 Å². The van der Waals surface area contributed by atoms with Gasteiger partial charge in [-0.2, -0.15) is 4.99 Å². The van der Waals surface area contributed by atoms with Gasteiger partial charge in [-0.25, -0.2) is 4.98 Å². The zero-order chi connectivity index (χ0) is 9.40. The zero-order valence-electron chi connectivity index (χ0n) is 7.36. The quantitative estimate of drug-likeness (QED) is 0.483. The topological polar surface area (TPSA) is 77.3 Å². The monoisotopic (exact) mass is 166 g/mol. The highest BCUT2D eigenvalue weighted by atomic mass is 15.0. The molecular weight excluding hydrogens is 152 g/mol. The number of guanidine groups is 1. The highest BCUT2D eigenvalue weighted by Gasteiger charge is 1.85. The van der Waals surface area contributed by atoms with Gasteiger partial charge in [0.1, 0.15) is 0 Å². The number of aliphatic imine (C=N–C) groups is 1. The summed E-state index contributed by atoms with van der Waals surface area (Å²) in [7, 11) is 0. The lowest BCUT2D eigenvalue weighted by Gasteiger charge is -1.90. The highest BCUT2D eigenvalue weighted by molar-refractivity contribution is 5.78. The normalized spacial score (nSPS) is 7.83. The molecule has 66 valence electrons. The molecule has 1 aromatic rings. The van der Waals surface area contributed by atoms with Crippen LogP contribution in [0.4, 0.5) is 5.82 Å². The number of nitrogens with zero attached hydrogens (tertiary/aromatic N) is 2. The van der Waals surface area contributed by atoms with Crippen LogP contribution in [0.25, 0.3) is 0 Å². The molecule has 0 spiro atoms. The van der Waals surface area contributed by atoms with Gasteiger partial charge in [0.05, 0.1) is 0 Å². The second kappa shape index (κ2) is 6.15. The third-order valence-corrected chi connectivity index (χ3v) is 0.893. The molecule has 0 amide bonds. The average Bonchev–Trinajstić information content (AvgIpc) is 2.08. The summed E-state index contributed by atoms with van der Waals surface area (Å²) in [6.07, 6.45) is 1.63. The van der Waals surface area contributed by atoms with E-state index in [4.69, 9.17) is 11.5 Å². The predicted octanol–water partition coefficient (Wildman–Crippen LogP) is 1.01. The molecule has 1 rings (SSSR count). The largest absolute Gasteiger partial charge is 0.370 e. The lowest BCUT2D eigenvalue weighted by Crippen LogP contribution is -2.21. The fourth-order valence-corrected chi connectivity index (χ4v) is 0.552. The van der Waals surface area contributed by atoms with Crippen molar-refractivity contribution in [2.75, 3.05) is 0 Å². The first-order valence-electron chi connectivity index (χ1n) is 3.80. The maximum absolute atomic E-state index is 5.11. The van der Waals surface area contributed by atoms with E-state index in [9.17, 15) is 0 Å². The summed E-state index contributed by atoms with van der Waals surface area (Å²) in [6, 6.07) is 5.33. The Bertz CT molecular complexity index is 226. The van der Waals surface area contributed by atoms with E-state index in [-0.39, 0.29) is 5.96 Å². The van der Waals surface area contributed by atoms with E-state index in [2.05, 4.69) is 9.98 Å². The molecule has 4 heteroatoms. The van der Waals surface area contributed by atoms with Crippen LogP contribution in [0.1, 0.15) is 13.8 Å². The van der Waals surface area contributed by atoms with Crippen molar-refractivity contribution >= 4 is 11.8 Å². The SMILES string of the molecule is CC.NC(N)=Nc1ccccn1. The minimum atomic E-state index is 0.0266. The van der Waals surface area contributed by atoms with E-state index in [0.29, 0.717) is 5.82 Å². The van der Waals surface area contributed by atoms with Crippen LogP contribution in [0.2, 0.25) is 0 Å². The first kappa shape index (κ1) is 10.4. The summed E-state index contributed by atoms with van der Waals surface area (Å²) in [5.41, 5.74) is 10.2. The Balaban J connectivity index is 0.000000561. The molecule has 0 aliphatic heterocycles. The van der Waals surface area contributed by atoms with Crippen LogP contribution in [-0.4, -0.2) is 10.9 Å². The van der Waals surface area contributed by atoms with E-state index in [1.807, 2.05) is 19.9 Å². The van der Waals surface area contributed by atoms with Crippen LogP contribution >= 0.6 is 0 Å². The van der Waals surface area contributed by atoms with Gasteiger partial charge in [0, 0.05) is 6.20 Å². The van der Waals surface area contributed by atoms with Gasteiger partial charge in [0.15, 0.2) is 11.8 Å². The molecule has 0 saturated carbocycles. The van der Waals surface area contributed by atoms with Gasteiger partial charge < -0.3 is 11.5 Å². The van der Waals surface area contributed by atoms with Gasteiger partial charge in [-0.1, -0.05) is 19.9 Å². The minimum absolute atomic E-state index is 0.0266. The Morgan fingerprint density at radius 2 is 2.00 bits per heavy atom. The van der Waals surface area contributed by atoms with Crippen LogP contribution in [0.15, 0.2) is 29.4 Å². The third-order valence-electron chi connectivity index (χ3n) is 0.893. The molecule has 1 heterocycles. The number of pyridine rings is 1. The van der Waals surface area contributed by atoms with Crippen molar-refractivity contribution in [2.45, 2.75) is 13.8 Å². The minimum Gasteiger partial charge on any atom is -0.370 e. The van der Waals surface area contributed by atoms with Crippen LogP contribution in [0.5, 0.6) is 0 Å². The standard InChI is InChI=1S/C6H8N4.C2H6/c7-6(8)10-5-3-1-2-4-9-5;1-2/h1-4H,(H4,7,8,9,10);1-2H3. The van der Waals surface area contributed by atoms with Crippen molar-refractivity contribution in [2.24, 2.45) is 16.5 Å². The molecule has 0 fully saturated rings. The van der Waals surface area contributed by atoms with Gasteiger partial charge in [0.2, 0.25) is 0 Å². The Kier molecular flexibility index (Phi) is 5.34. The van der Waals surface area contributed by atoms with Crippen LogP contribution in [0, 0.1) is 0 Å². The van der Waals surface area contributed by atoms with Crippen LogP contribution in [0.3, 0.4) is 0 Å². The summed E-state index contributed by atoms with van der Waals surface area (Å²) < 4.78 is 0. The van der Waals surface area contributed by atoms with Gasteiger partial charge in [0.25, 0.3) is 0 Å². The maximum atomic E-state index is 5.11. The zero-order valence-corrected chi connectivity index (χ0v) is 7.36. The van der Waals surface area contributed by atoms with E-state index >= 15 is 0 Å². The Morgan fingerprint density at radius 3 is 2.42 bits per heavy atom. The number of rotatable bonds is 1. The molecule has 1 aromatic heterocycles. The Morgan fingerprint density at radius 1 is 1.33 bits per heavy atom. The van der Waals surface area contributed by atoms with Crippen molar-refractivity contribution in [3.05, 3.63) is 24.4 Å².